The molecule has 0 amide bonds. The second-order valence-corrected chi connectivity index (χ2v) is 14.2. The number of para-hydroxylation sites is 2. The van der Waals surface area contributed by atoms with Crippen LogP contribution in [0.1, 0.15) is 11.1 Å². The molecule has 0 aliphatic carbocycles. The van der Waals surface area contributed by atoms with E-state index in [0.717, 1.165) is 44.1 Å². The molecule has 50 heavy (non-hydrogen) atoms. The Balaban J connectivity index is 1.30. The van der Waals surface area contributed by atoms with Crippen molar-refractivity contribution in [3.63, 3.8) is 0 Å². The highest BCUT2D eigenvalue weighted by atomic mass is 32.1. The average Bonchev–Trinajstić information content (AvgIpc) is 3.74. The zero-order valence-corrected chi connectivity index (χ0v) is 28.5. The van der Waals surface area contributed by atoms with Gasteiger partial charge in [-0.25, -0.2) is 4.98 Å². The third-order valence-corrected chi connectivity index (χ3v) is 11.4. The smallest absolute Gasteiger partial charge is 0.147 e. The van der Waals surface area contributed by atoms with Crippen LogP contribution in [0.3, 0.4) is 0 Å². The number of rotatable bonds is 4. The molecular formula is C47H31NOS. The number of thiophene rings is 1. The van der Waals surface area contributed by atoms with Crippen LogP contribution in [0.5, 0.6) is 0 Å². The predicted octanol–water partition coefficient (Wildman–Crippen LogP) is 13.8. The van der Waals surface area contributed by atoms with Crippen LogP contribution < -0.4 is 0 Å². The van der Waals surface area contributed by atoms with Crippen molar-refractivity contribution in [2.24, 2.45) is 0 Å². The van der Waals surface area contributed by atoms with E-state index in [1.54, 1.807) is 0 Å². The maximum Gasteiger partial charge on any atom is 0.147 e. The number of aryl methyl sites for hydroxylation is 1. The summed E-state index contributed by atoms with van der Waals surface area (Å²) in [6, 6.07) is 54.5. The van der Waals surface area contributed by atoms with Crippen LogP contribution in [0.4, 0.5) is 0 Å². The average molecular weight is 658 g/mol. The summed E-state index contributed by atoms with van der Waals surface area (Å²) < 4.78 is 9.21. The fraction of sp³-hybridized carbons (Fsp3) is 0.0426. The van der Waals surface area contributed by atoms with E-state index in [1.807, 2.05) is 17.4 Å². The molecule has 0 aliphatic heterocycles. The van der Waals surface area contributed by atoms with Crippen LogP contribution >= 0.6 is 11.3 Å². The number of nitrogens with zero attached hydrogens (tertiary/aromatic N) is 1. The number of fused-ring (bicyclic) bond motifs is 8. The van der Waals surface area contributed by atoms with Gasteiger partial charge in [-0.3, -0.25) is 0 Å². The van der Waals surface area contributed by atoms with Crippen molar-refractivity contribution in [3.05, 3.63) is 163 Å². The normalized spacial score (nSPS) is 11.8. The zero-order valence-electron chi connectivity index (χ0n) is 27.7. The molecule has 0 radical (unpaired) electrons. The first-order valence-electron chi connectivity index (χ1n) is 17.0. The fourth-order valence-corrected chi connectivity index (χ4v) is 9.02. The molecule has 0 unspecified atom stereocenters. The number of aromatic nitrogens is 1. The molecule has 0 saturated carbocycles. The first-order valence-corrected chi connectivity index (χ1v) is 17.9. The molecule has 10 rings (SSSR count). The molecule has 0 bridgehead atoms. The minimum Gasteiger partial charge on any atom is -0.455 e. The Kier molecular flexibility index (Phi) is 6.52. The summed E-state index contributed by atoms with van der Waals surface area (Å²) >= 11 is 1.87. The van der Waals surface area contributed by atoms with E-state index in [0.29, 0.717) is 0 Å². The molecule has 0 N–H and O–H groups in total. The van der Waals surface area contributed by atoms with Crippen molar-refractivity contribution in [1.82, 2.24) is 4.98 Å². The third-order valence-electron chi connectivity index (χ3n) is 10.2. The van der Waals surface area contributed by atoms with Gasteiger partial charge < -0.3 is 4.42 Å². The van der Waals surface area contributed by atoms with Gasteiger partial charge in [-0.2, -0.15) is 0 Å². The summed E-state index contributed by atoms with van der Waals surface area (Å²) in [5, 5.41) is 5.74. The number of furan rings is 1. The molecule has 236 valence electrons. The van der Waals surface area contributed by atoms with Gasteiger partial charge in [-0.15, -0.1) is 11.3 Å². The van der Waals surface area contributed by atoms with Crippen molar-refractivity contribution in [1.29, 1.82) is 0 Å². The number of pyridine rings is 1. The molecule has 0 aliphatic rings. The Bertz CT molecular complexity index is 2960. The van der Waals surface area contributed by atoms with Gasteiger partial charge >= 0.3 is 0 Å². The minimum absolute atomic E-state index is 0.870. The van der Waals surface area contributed by atoms with Gasteiger partial charge in [0.2, 0.25) is 0 Å². The Hall–Kier alpha value is -6.03. The van der Waals surface area contributed by atoms with Gasteiger partial charge in [-0.05, 0) is 101 Å². The quantitative estimate of drug-likeness (QED) is 0.188. The molecule has 7 aromatic carbocycles. The highest BCUT2D eigenvalue weighted by Crippen LogP contribution is 2.45. The second-order valence-electron chi connectivity index (χ2n) is 13.2. The summed E-state index contributed by atoms with van der Waals surface area (Å²) in [6.45, 7) is 4.45. The van der Waals surface area contributed by atoms with Crippen LogP contribution in [-0.2, 0) is 0 Å². The van der Waals surface area contributed by atoms with Gasteiger partial charge in [-0.1, -0.05) is 109 Å². The van der Waals surface area contributed by atoms with E-state index in [2.05, 4.69) is 159 Å². The van der Waals surface area contributed by atoms with Gasteiger partial charge in [0, 0.05) is 36.5 Å². The molecule has 3 heterocycles. The van der Waals surface area contributed by atoms with Crippen LogP contribution in [0.15, 0.2) is 156 Å². The fourth-order valence-electron chi connectivity index (χ4n) is 7.78. The predicted molar refractivity (Wildman–Crippen MR) is 213 cm³/mol. The number of hydrogen-bond acceptors (Lipinski definition) is 3. The summed E-state index contributed by atoms with van der Waals surface area (Å²) in [7, 11) is 0. The van der Waals surface area contributed by atoms with Crippen molar-refractivity contribution >= 4 is 64.4 Å². The lowest BCUT2D eigenvalue weighted by molar-refractivity contribution is 0.672. The van der Waals surface area contributed by atoms with Crippen molar-refractivity contribution < 1.29 is 4.42 Å². The monoisotopic (exact) mass is 657 g/mol. The van der Waals surface area contributed by atoms with Gasteiger partial charge in [0.1, 0.15) is 11.2 Å². The molecule has 0 spiro atoms. The SMILES string of the molecule is Cc1ccccc1-c1cccc(-c2cc(-c3cccc4c3sc3ccccc34)cc(-c3nc4ccccc4c4oc5ccccc5c34)c2)c1C. The highest BCUT2D eigenvalue weighted by molar-refractivity contribution is 7.26. The maximum absolute atomic E-state index is 6.61. The maximum atomic E-state index is 6.61. The molecule has 0 fully saturated rings. The van der Waals surface area contributed by atoms with Crippen molar-refractivity contribution in [2.45, 2.75) is 13.8 Å². The molecule has 10 aromatic rings. The van der Waals surface area contributed by atoms with Crippen molar-refractivity contribution in [3.8, 4) is 44.6 Å². The molecule has 0 atom stereocenters. The van der Waals surface area contributed by atoms with E-state index >= 15 is 0 Å². The Morgan fingerprint density at radius 2 is 1.12 bits per heavy atom. The van der Waals surface area contributed by atoms with E-state index in [-0.39, 0.29) is 0 Å². The van der Waals surface area contributed by atoms with Gasteiger partial charge in [0.15, 0.2) is 0 Å². The second kappa shape index (κ2) is 11.3. The van der Waals surface area contributed by atoms with Crippen LogP contribution in [0, 0.1) is 13.8 Å². The first kappa shape index (κ1) is 28.9. The first-order chi connectivity index (χ1) is 24.6. The molecular weight excluding hydrogens is 627 g/mol. The summed E-state index contributed by atoms with van der Waals surface area (Å²) in [4.78, 5) is 5.40. The number of hydrogen-bond donors (Lipinski definition) is 0. The topological polar surface area (TPSA) is 26.0 Å². The Labute approximate surface area is 293 Å². The molecule has 3 heteroatoms. The van der Waals surface area contributed by atoms with Crippen LogP contribution in [0.2, 0.25) is 0 Å². The molecule has 0 saturated heterocycles. The highest BCUT2D eigenvalue weighted by Gasteiger charge is 2.20. The Morgan fingerprint density at radius 3 is 2.00 bits per heavy atom. The van der Waals surface area contributed by atoms with Gasteiger partial charge in [0.25, 0.3) is 0 Å². The Morgan fingerprint density at radius 1 is 0.500 bits per heavy atom. The summed E-state index contributed by atoms with van der Waals surface area (Å²) in [5.74, 6) is 0. The number of benzene rings is 7. The van der Waals surface area contributed by atoms with E-state index in [1.165, 1.54) is 64.7 Å². The van der Waals surface area contributed by atoms with Gasteiger partial charge in [0.05, 0.1) is 16.6 Å². The summed E-state index contributed by atoms with van der Waals surface area (Å²) in [5.41, 5.74) is 14.5. The standard InChI is InChI=1S/C47H31NOS/c1-28-13-3-4-14-33(28)35-19-11-18-34(29(35)2)30-25-31(36-20-12-21-38-37-15-7-10-24-43(37)50-47(36)38)27-32(26-30)45-44-40-17-6-9-23-42(40)49-46(44)39-16-5-8-22-41(39)48-45/h3-27H,1-2H3. The lowest BCUT2D eigenvalue weighted by Crippen LogP contribution is -1.93. The third kappa shape index (κ3) is 4.44. The summed E-state index contributed by atoms with van der Waals surface area (Å²) in [6.07, 6.45) is 0. The largest absolute Gasteiger partial charge is 0.455 e. The lowest BCUT2D eigenvalue weighted by atomic mass is 9.88. The molecule has 2 nitrogen and oxygen atoms in total. The molecule has 3 aromatic heterocycles. The van der Waals surface area contributed by atoms with Crippen molar-refractivity contribution in [2.75, 3.05) is 0 Å². The van der Waals surface area contributed by atoms with Crippen LogP contribution in [-0.4, -0.2) is 4.98 Å². The minimum atomic E-state index is 0.870. The van der Waals surface area contributed by atoms with E-state index in [4.69, 9.17) is 9.40 Å². The van der Waals surface area contributed by atoms with E-state index < -0.39 is 0 Å². The van der Waals surface area contributed by atoms with E-state index in [9.17, 15) is 0 Å². The van der Waals surface area contributed by atoms with Crippen LogP contribution in [0.25, 0.3) is 97.7 Å². The zero-order chi connectivity index (χ0) is 33.3. The lowest BCUT2D eigenvalue weighted by Gasteiger charge is -2.17.